The number of amides is 1. The van der Waals surface area contributed by atoms with E-state index in [4.69, 9.17) is 0 Å². The fraction of sp³-hybridized carbons (Fsp3) is 0.100. The molecule has 2 aromatic heterocycles. The number of carbonyl (C=O) groups excluding carboxylic acids is 1. The Bertz CT molecular complexity index is 521. The first-order valence-electron chi connectivity index (χ1n) is 4.61. The van der Waals surface area contributed by atoms with E-state index >= 15 is 0 Å². The minimum absolute atomic E-state index is 0.157. The van der Waals surface area contributed by atoms with Crippen molar-refractivity contribution >= 4 is 11.7 Å². The van der Waals surface area contributed by atoms with E-state index in [1.807, 2.05) is 0 Å². The van der Waals surface area contributed by atoms with Crippen molar-refractivity contribution in [3.05, 3.63) is 36.3 Å². The molecule has 0 aliphatic carbocycles. The van der Waals surface area contributed by atoms with Gasteiger partial charge in [0.1, 0.15) is 5.75 Å². The van der Waals surface area contributed by atoms with Gasteiger partial charge in [-0.1, -0.05) is 0 Å². The molecule has 2 rings (SSSR count). The summed E-state index contributed by atoms with van der Waals surface area (Å²) in [5.41, 5.74) is 0.167. The van der Waals surface area contributed by atoms with E-state index in [0.717, 1.165) is 0 Å². The second kappa shape index (κ2) is 4.01. The molecule has 0 spiro atoms. The predicted molar refractivity (Wildman–Crippen MR) is 57.1 cm³/mol. The average molecular weight is 218 g/mol. The molecule has 6 heteroatoms. The summed E-state index contributed by atoms with van der Waals surface area (Å²) in [5.74, 6) is -0.141. The van der Waals surface area contributed by atoms with Gasteiger partial charge in [0, 0.05) is 25.5 Å². The van der Waals surface area contributed by atoms with E-state index < -0.39 is 5.91 Å². The van der Waals surface area contributed by atoms with Crippen LogP contribution in [0.2, 0.25) is 0 Å². The van der Waals surface area contributed by atoms with Crippen LogP contribution in [0.25, 0.3) is 0 Å². The van der Waals surface area contributed by atoms with Gasteiger partial charge >= 0.3 is 0 Å². The number of carbonyl (C=O) groups is 1. The molecule has 2 N–H and O–H groups in total. The molecular formula is C10H10N4O2. The monoisotopic (exact) mass is 218 g/mol. The van der Waals surface area contributed by atoms with Gasteiger partial charge < -0.3 is 10.4 Å². The molecule has 0 radical (unpaired) electrons. The first-order valence-corrected chi connectivity index (χ1v) is 4.61. The number of nitrogens with one attached hydrogen (secondary N) is 1. The summed E-state index contributed by atoms with van der Waals surface area (Å²) in [4.78, 5) is 15.4. The number of anilines is 1. The van der Waals surface area contributed by atoms with E-state index in [1.165, 1.54) is 18.5 Å². The van der Waals surface area contributed by atoms with Crippen LogP contribution in [0.3, 0.4) is 0 Å². The highest BCUT2D eigenvalue weighted by molar-refractivity contribution is 6.05. The Balaban J connectivity index is 2.18. The van der Waals surface area contributed by atoms with Crippen LogP contribution in [0.1, 0.15) is 10.4 Å². The highest BCUT2D eigenvalue weighted by Gasteiger charge is 2.11. The van der Waals surface area contributed by atoms with E-state index in [0.29, 0.717) is 5.82 Å². The Morgan fingerprint density at radius 2 is 2.31 bits per heavy atom. The molecule has 2 aromatic rings. The number of hydrogen-bond donors (Lipinski definition) is 2. The van der Waals surface area contributed by atoms with Gasteiger partial charge in [-0.25, -0.2) is 0 Å². The van der Waals surface area contributed by atoms with Gasteiger partial charge in [0.2, 0.25) is 0 Å². The molecular weight excluding hydrogens is 208 g/mol. The van der Waals surface area contributed by atoms with E-state index in [-0.39, 0.29) is 11.3 Å². The maximum absolute atomic E-state index is 11.7. The molecule has 0 aliphatic rings. The molecule has 0 unspecified atom stereocenters. The summed E-state index contributed by atoms with van der Waals surface area (Å²) in [6.07, 6.45) is 4.36. The SMILES string of the molecule is Cn1ccc(NC(=O)c2ccncc2O)n1. The fourth-order valence-corrected chi connectivity index (χ4v) is 1.24. The summed E-state index contributed by atoms with van der Waals surface area (Å²) in [6, 6.07) is 3.10. The number of aromatic nitrogens is 3. The topological polar surface area (TPSA) is 80.0 Å². The summed E-state index contributed by atoms with van der Waals surface area (Å²) in [7, 11) is 1.75. The predicted octanol–water partition coefficient (Wildman–Crippen LogP) is 0.773. The normalized spacial score (nSPS) is 10.1. The molecule has 1 amide bonds. The molecule has 0 saturated carbocycles. The quantitative estimate of drug-likeness (QED) is 0.780. The van der Waals surface area contributed by atoms with Crippen molar-refractivity contribution in [2.45, 2.75) is 0 Å². The number of aromatic hydroxyl groups is 1. The van der Waals surface area contributed by atoms with Gasteiger partial charge in [-0.2, -0.15) is 5.10 Å². The van der Waals surface area contributed by atoms with Crippen LogP contribution in [0.4, 0.5) is 5.82 Å². The van der Waals surface area contributed by atoms with E-state index in [9.17, 15) is 9.90 Å². The number of pyridine rings is 1. The molecule has 16 heavy (non-hydrogen) atoms. The Hall–Kier alpha value is -2.37. The lowest BCUT2D eigenvalue weighted by atomic mass is 10.2. The zero-order valence-corrected chi connectivity index (χ0v) is 8.58. The van der Waals surface area contributed by atoms with Gasteiger partial charge in [0.05, 0.1) is 11.8 Å². The number of nitrogens with zero attached hydrogens (tertiary/aromatic N) is 3. The summed E-state index contributed by atoms with van der Waals surface area (Å²) < 4.78 is 1.57. The molecule has 82 valence electrons. The average Bonchev–Trinajstić information content (AvgIpc) is 2.64. The molecule has 0 saturated heterocycles. The number of aryl methyl sites for hydroxylation is 1. The minimum atomic E-state index is -0.418. The Kier molecular flexibility index (Phi) is 2.55. The Labute approximate surface area is 91.6 Å². The highest BCUT2D eigenvalue weighted by Crippen LogP contribution is 2.15. The van der Waals surface area contributed by atoms with Gasteiger partial charge in [-0.15, -0.1) is 0 Å². The van der Waals surface area contributed by atoms with Crippen LogP contribution in [-0.4, -0.2) is 25.8 Å². The zero-order valence-electron chi connectivity index (χ0n) is 8.58. The van der Waals surface area contributed by atoms with Gasteiger partial charge in [-0.05, 0) is 6.07 Å². The highest BCUT2D eigenvalue weighted by atomic mass is 16.3. The van der Waals surface area contributed by atoms with Crippen molar-refractivity contribution in [3.63, 3.8) is 0 Å². The zero-order chi connectivity index (χ0) is 11.5. The third kappa shape index (κ3) is 2.00. The Morgan fingerprint density at radius 1 is 1.50 bits per heavy atom. The lowest BCUT2D eigenvalue weighted by molar-refractivity contribution is 0.102. The second-order valence-electron chi connectivity index (χ2n) is 3.22. The smallest absolute Gasteiger partial charge is 0.260 e. The van der Waals surface area contributed by atoms with Crippen molar-refractivity contribution in [2.75, 3.05) is 5.32 Å². The van der Waals surface area contributed by atoms with Crippen LogP contribution >= 0.6 is 0 Å². The lowest BCUT2D eigenvalue weighted by Gasteiger charge is -2.03. The van der Waals surface area contributed by atoms with E-state index in [1.54, 1.807) is 24.0 Å². The maximum Gasteiger partial charge on any atom is 0.260 e. The van der Waals surface area contributed by atoms with Crippen LogP contribution in [-0.2, 0) is 7.05 Å². The van der Waals surface area contributed by atoms with Gasteiger partial charge in [0.15, 0.2) is 5.82 Å². The summed E-state index contributed by atoms with van der Waals surface area (Å²) >= 11 is 0. The first kappa shape index (κ1) is 10.2. The standard InChI is InChI=1S/C10H10N4O2/c1-14-5-3-9(13-14)12-10(16)7-2-4-11-6-8(7)15/h2-6,15H,1H3,(H,12,13,16). The van der Waals surface area contributed by atoms with Crippen molar-refractivity contribution in [3.8, 4) is 5.75 Å². The van der Waals surface area contributed by atoms with Crippen molar-refractivity contribution in [1.29, 1.82) is 0 Å². The summed E-state index contributed by atoms with van der Waals surface area (Å²) in [6.45, 7) is 0. The number of hydrogen-bond acceptors (Lipinski definition) is 4. The van der Waals surface area contributed by atoms with Gasteiger partial charge in [0.25, 0.3) is 5.91 Å². The van der Waals surface area contributed by atoms with Crippen molar-refractivity contribution < 1.29 is 9.90 Å². The lowest BCUT2D eigenvalue weighted by Crippen LogP contribution is -2.12. The molecule has 0 atom stereocenters. The second-order valence-corrected chi connectivity index (χ2v) is 3.22. The van der Waals surface area contributed by atoms with Crippen LogP contribution in [0.15, 0.2) is 30.7 Å². The Morgan fingerprint density at radius 3 is 2.94 bits per heavy atom. The molecule has 6 nitrogen and oxygen atoms in total. The fourth-order valence-electron chi connectivity index (χ4n) is 1.24. The molecule has 0 aromatic carbocycles. The van der Waals surface area contributed by atoms with Crippen molar-refractivity contribution in [1.82, 2.24) is 14.8 Å². The molecule has 2 heterocycles. The van der Waals surface area contributed by atoms with Gasteiger partial charge in [-0.3, -0.25) is 14.5 Å². The maximum atomic E-state index is 11.7. The third-order valence-electron chi connectivity index (χ3n) is 2.00. The summed E-state index contributed by atoms with van der Waals surface area (Å²) in [5, 5.41) is 16.0. The van der Waals surface area contributed by atoms with Crippen LogP contribution < -0.4 is 5.32 Å². The van der Waals surface area contributed by atoms with E-state index in [2.05, 4.69) is 15.4 Å². The van der Waals surface area contributed by atoms with Crippen LogP contribution in [0.5, 0.6) is 5.75 Å². The molecule has 0 fully saturated rings. The molecule has 0 aliphatic heterocycles. The number of rotatable bonds is 2. The third-order valence-corrected chi connectivity index (χ3v) is 2.00. The first-order chi connectivity index (χ1) is 7.66. The van der Waals surface area contributed by atoms with Crippen molar-refractivity contribution in [2.24, 2.45) is 7.05 Å². The largest absolute Gasteiger partial charge is 0.505 e. The molecule has 0 bridgehead atoms. The van der Waals surface area contributed by atoms with Crippen LogP contribution in [0, 0.1) is 0 Å². The minimum Gasteiger partial charge on any atom is -0.505 e.